The van der Waals surface area contributed by atoms with E-state index in [1.54, 1.807) is 25.1 Å². The minimum absolute atomic E-state index is 0. The van der Waals surface area contributed by atoms with Gasteiger partial charge in [0, 0.05) is 19.8 Å². The molecule has 4 rings (SSSR count). The Kier molecular flexibility index (Phi) is 7.34. The van der Waals surface area contributed by atoms with Gasteiger partial charge in [-0.25, -0.2) is 15.0 Å². The zero-order chi connectivity index (χ0) is 22.8. The maximum absolute atomic E-state index is 6.18. The fraction of sp³-hybridized carbons (Fsp3) is 0.292. The van der Waals surface area contributed by atoms with Gasteiger partial charge in [0.2, 0.25) is 0 Å². The fourth-order valence-electron chi connectivity index (χ4n) is 3.60. The van der Waals surface area contributed by atoms with Crippen LogP contribution in [-0.2, 0) is 32.3 Å². The van der Waals surface area contributed by atoms with E-state index >= 15 is 0 Å². The van der Waals surface area contributed by atoms with Crippen LogP contribution in [0.5, 0.6) is 0 Å². The number of anilines is 1. The van der Waals surface area contributed by atoms with Gasteiger partial charge in [-0.1, -0.05) is 60.7 Å². The van der Waals surface area contributed by atoms with E-state index in [-0.39, 0.29) is 18.2 Å². The molecule has 0 unspecified atom stereocenters. The summed E-state index contributed by atoms with van der Waals surface area (Å²) in [4.78, 5) is 13.8. The summed E-state index contributed by atoms with van der Waals surface area (Å²) in [5, 5.41) is 0. The summed E-state index contributed by atoms with van der Waals surface area (Å²) in [6, 6.07) is 19.5. The van der Waals surface area contributed by atoms with Crippen molar-refractivity contribution < 1.29 is 14.2 Å². The summed E-state index contributed by atoms with van der Waals surface area (Å²) >= 11 is 0. The van der Waals surface area contributed by atoms with Crippen LogP contribution in [0.1, 0.15) is 30.8 Å². The van der Waals surface area contributed by atoms with Gasteiger partial charge in [-0.2, -0.15) is 0 Å². The largest absolute Gasteiger partial charge is 0.382 e. The van der Waals surface area contributed by atoms with Crippen molar-refractivity contribution in [2.45, 2.75) is 32.0 Å². The van der Waals surface area contributed by atoms with E-state index in [4.69, 9.17) is 24.9 Å². The minimum atomic E-state index is -1.30. The zero-order valence-corrected chi connectivity index (χ0v) is 19.9. The summed E-state index contributed by atoms with van der Waals surface area (Å²) in [7, 11) is 3.13. The molecule has 2 aliphatic rings. The van der Waals surface area contributed by atoms with Crippen LogP contribution in [0, 0.1) is 0 Å². The highest BCUT2D eigenvalue weighted by Crippen LogP contribution is 2.36. The first-order valence-corrected chi connectivity index (χ1v) is 10.3. The molecule has 0 fully saturated rings. The van der Waals surface area contributed by atoms with Crippen molar-refractivity contribution >= 4 is 18.2 Å². The number of fused-ring (bicyclic) bond motifs is 1. The Bertz CT molecular complexity index is 1150. The van der Waals surface area contributed by atoms with Crippen molar-refractivity contribution in [1.82, 2.24) is 19.5 Å². The van der Waals surface area contributed by atoms with Crippen LogP contribution in [0.3, 0.4) is 0 Å². The van der Waals surface area contributed by atoms with Gasteiger partial charge >= 0.3 is 0 Å². The lowest BCUT2D eigenvalue weighted by atomic mass is 10.1. The Morgan fingerprint density at radius 3 is 2.12 bits per heavy atom. The number of nitrogen functional groups attached to an aromatic ring is 1. The first-order valence-electron chi connectivity index (χ1n) is 10.3. The van der Waals surface area contributed by atoms with E-state index in [0.29, 0.717) is 23.9 Å². The number of ether oxygens (including phenoxy) is 3. The lowest BCUT2D eigenvalue weighted by Crippen LogP contribution is -2.40. The van der Waals surface area contributed by atoms with Crippen molar-refractivity contribution in [1.29, 1.82) is 0 Å². The monoisotopic (exact) mass is 469 g/mol. The van der Waals surface area contributed by atoms with E-state index in [0.717, 1.165) is 11.1 Å². The predicted molar refractivity (Wildman–Crippen MR) is 128 cm³/mol. The molecule has 0 aromatic heterocycles. The Morgan fingerprint density at radius 2 is 1.52 bits per heavy atom. The maximum atomic E-state index is 6.18. The molecule has 9 heteroatoms. The molecule has 174 valence electrons. The van der Waals surface area contributed by atoms with Gasteiger partial charge in [-0.05, 0) is 19.4 Å². The third kappa shape index (κ3) is 4.56. The highest BCUT2D eigenvalue weighted by atomic mass is 35.5. The molecule has 0 saturated heterocycles. The van der Waals surface area contributed by atoms with Crippen LogP contribution in [0.15, 0.2) is 67.0 Å². The second kappa shape index (κ2) is 9.84. The Balaban J connectivity index is 0.00000306. The van der Waals surface area contributed by atoms with Gasteiger partial charge < -0.3 is 19.9 Å². The molecule has 0 atom stereocenters. The van der Waals surface area contributed by atoms with Crippen molar-refractivity contribution in [3.05, 3.63) is 83.9 Å². The van der Waals surface area contributed by atoms with Crippen molar-refractivity contribution in [3.8, 4) is 11.5 Å². The van der Waals surface area contributed by atoms with Crippen LogP contribution in [0.2, 0.25) is 0 Å². The van der Waals surface area contributed by atoms with E-state index in [9.17, 15) is 0 Å². The van der Waals surface area contributed by atoms with E-state index in [1.807, 2.05) is 74.5 Å². The second-order valence-corrected chi connectivity index (χ2v) is 7.86. The smallest absolute Gasteiger partial charge is 0.286 e. The summed E-state index contributed by atoms with van der Waals surface area (Å²) < 4.78 is 19.6. The van der Waals surface area contributed by atoms with Gasteiger partial charge in [0.05, 0.1) is 6.61 Å². The molecule has 0 aliphatic carbocycles. The van der Waals surface area contributed by atoms with Crippen LogP contribution >= 0.6 is 12.4 Å². The Morgan fingerprint density at radius 1 is 0.909 bits per heavy atom. The number of benzene rings is 2. The molecular formula is C24H28ClN5O3. The average molecular weight is 470 g/mol. The first-order chi connectivity index (χ1) is 15.4. The molecule has 0 saturated carbocycles. The molecule has 0 amide bonds. The minimum Gasteiger partial charge on any atom is -0.382 e. The normalized spacial score (nSPS) is 12.0. The number of nitrogens with zero attached hydrogens (tertiary/aromatic N) is 4. The molecule has 33 heavy (non-hydrogen) atoms. The maximum Gasteiger partial charge on any atom is 0.286 e. The first kappa shape index (κ1) is 24.6. The molecule has 2 aromatic carbocycles. The number of hydrogen-bond donors (Lipinski definition) is 1. The second-order valence-electron chi connectivity index (χ2n) is 7.86. The van der Waals surface area contributed by atoms with Crippen LogP contribution in [0.4, 0.5) is 5.82 Å². The Labute approximate surface area is 199 Å². The highest BCUT2D eigenvalue weighted by molar-refractivity contribution is 5.85. The van der Waals surface area contributed by atoms with Gasteiger partial charge in [-0.3, -0.25) is 4.57 Å². The quantitative estimate of drug-likeness (QED) is 0.386. The van der Waals surface area contributed by atoms with Crippen LogP contribution < -0.4 is 5.73 Å². The molecule has 8 nitrogen and oxygen atoms in total. The number of aromatic nitrogens is 4. The van der Waals surface area contributed by atoms with E-state index in [2.05, 4.69) is 9.97 Å². The topological polar surface area (TPSA) is 97.3 Å². The third-order valence-electron chi connectivity index (χ3n) is 5.41. The molecule has 2 aliphatic heterocycles. The highest BCUT2D eigenvalue weighted by Gasteiger charge is 2.40. The Hall–Kier alpha value is -3.04. The molecule has 0 radical (unpaired) electrons. The molecule has 2 N–H and O–H groups in total. The molecular weight excluding hydrogens is 442 g/mol. The molecule has 2 aromatic rings. The standard InChI is InChI=1S/C24H27N5O3.ClH/c1-23(2,32-15-17-11-7-5-8-12-17)22-27-19-20(25)26-16-29(21(19)28-22)24(30-3,31-4)18-13-9-6-10-14-18;/h5-14,16H,15,25H2,1-4H3;1H. The summed E-state index contributed by atoms with van der Waals surface area (Å²) in [5.74, 6) is -0.0549. The third-order valence-corrected chi connectivity index (χ3v) is 5.41. The summed E-state index contributed by atoms with van der Waals surface area (Å²) in [6.07, 6.45) is 1.55. The molecule has 0 spiro atoms. The zero-order valence-electron chi connectivity index (χ0n) is 19.1. The lowest BCUT2D eigenvalue weighted by molar-refractivity contribution is -0.235. The summed E-state index contributed by atoms with van der Waals surface area (Å²) in [5.41, 5.74) is 7.68. The average Bonchev–Trinajstić information content (AvgIpc) is 3.29. The molecule has 2 heterocycles. The molecule has 0 bridgehead atoms. The number of methoxy groups -OCH3 is 2. The van der Waals surface area contributed by atoms with Crippen molar-refractivity contribution in [2.24, 2.45) is 0 Å². The number of halogens is 1. The van der Waals surface area contributed by atoms with Crippen LogP contribution in [-0.4, -0.2) is 33.7 Å². The number of hydrogen-bond acceptors (Lipinski definition) is 7. The lowest BCUT2D eigenvalue weighted by Gasteiger charge is -2.34. The fourth-order valence-corrected chi connectivity index (χ4v) is 3.60. The van der Waals surface area contributed by atoms with Gasteiger partial charge in [0.1, 0.15) is 11.9 Å². The van der Waals surface area contributed by atoms with Gasteiger partial charge in [0.25, 0.3) is 5.91 Å². The SMILES string of the molecule is COC(OC)(c1ccccc1)n1cnc(N)c2nc(C(C)(C)OCc3ccccc3)nc1-2.Cl. The number of nitrogens with two attached hydrogens (primary N) is 1. The predicted octanol–water partition coefficient (Wildman–Crippen LogP) is 4.19. The van der Waals surface area contributed by atoms with E-state index < -0.39 is 11.5 Å². The van der Waals surface area contributed by atoms with Crippen molar-refractivity contribution in [2.75, 3.05) is 20.0 Å². The summed E-state index contributed by atoms with van der Waals surface area (Å²) in [6.45, 7) is 4.28. The number of rotatable bonds is 8. The van der Waals surface area contributed by atoms with Gasteiger partial charge in [-0.15, -0.1) is 12.4 Å². The van der Waals surface area contributed by atoms with Crippen LogP contribution in [0.25, 0.3) is 11.5 Å². The van der Waals surface area contributed by atoms with E-state index in [1.165, 1.54) is 0 Å². The van der Waals surface area contributed by atoms with Gasteiger partial charge in [0.15, 0.2) is 23.2 Å². The number of imidazole rings is 1. The van der Waals surface area contributed by atoms with Crippen molar-refractivity contribution in [3.63, 3.8) is 0 Å².